The predicted molar refractivity (Wildman–Crippen MR) is 62.9 cm³/mol. The first kappa shape index (κ1) is 15.0. The van der Waals surface area contributed by atoms with E-state index in [2.05, 4.69) is 4.98 Å². The molecule has 0 aliphatic rings. The van der Waals surface area contributed by atoms with Crippen LogP contribution in [0.1, 0.15) is 25.0 Å². The Labute approximate surface area is 107 Å². The maximum atomic E-state index is 12.8. The minimum Gasteiger partial charge on any atom is -0.390 e. The van der Waals surface area contributed by atoms with E-state index in [1.807, 2.05) is 0 Å². The van der Waals surface area contributed by atoms with Gasteiger partial charge in [-0.05, 0) is 24.1 Å². The van der Waals surface area contributed by atoms with E-state index in [1.165, 1.54) is 6.92 Å². The van der Waals surface area contributed by atoms with Gasteiger partial charge in [-0.2, -0.15) is 13.8 Å². The van der Waals surface area contributed by atoms with Crippen molar-refractivity contribution in [3.8, 4) is 0 Å². The maximum absolute atomic E-state index is 12.8. The van der Waals surface area contributed by atoms with Gasteiger partial charge in [0, 0.05) is 12.7 Å². The second-order valence-electron chi connectivity index (χ2n) is 3.69. The van der Waals surface area contributed by atoms with E-state index in [9.17, 15) is 23.8 Å². The van der Waals surface area contributed by atoms with E-state index in [0.717, 1.165) is 23.9 Å². The molecular weight excluding hydrogens is 264 g/mol. The number of rotatable bonds is 5. The van der Waals surface area contributed by atoms with Gasteiger partial charge in [-0.15, -0.1) is 0 Å². The SMILES string of the molecule is CC(=O)SCCC(O)C(O)c1cc(F)nc(F)c1. The van der Waals surface area contributed by atoms with Crippen LogP contribution in [0, 0.1) is 11.9 Å². The lowest BCUT2D eigenvalue weighted by molar-refractivity contribution is -0.109. The fourth-order valence-corrected chi connectivity index (χ4v) is 2.00. The molecule has 0 amide bonds. The van der Waals surface area contributed by atoms with Gasteiger partial charge >= 0.3 is 0 Å². The van der Waals surface area contributed by atoms with Gasteiger partial charge in [0.2, 0.25) is 11.9 Å². The lowest BCUT2D eigenvalue weighted by Crippen LogP contribution is -2.19. The van der Waals surface area contributed by atoms with Gasteiger partial charge in [0.15, 0.2) is 5.12 Å². The second kappa shape index (κ2) is 6.77. The first-order valence-corrected chi connectivity index (χ1v) is 6.21. The van der Waals surface area contributed by atoms with Crippen molar-refractivity contribution in [1.82, 2.24) is 4.98 Å². The van der Waals surface area contributed by atoms with Gasteiger partial charge in [0.25, 0.3) is 0 Å². The van der Waals surface area contributed by atoms with E-state index in [4.69, 9.17) is 0 Å². The van der Waals surface area contributed by atoms with Crippen molar-refractivity contribution in [2.24, 2.45) is 0 Å². The zero-order valence-corrected chi connectivity index (χ0v) is 10.5. The average molecular weight is 277 g/mol. The Morgan fingerprint density at radius 1 is 1.39 bits per heavy atom. The Balaban J connectivity index is 2.62. The monoisotopic (exact) mass is 277 g/mol. The van der Waals surface area contributed by atoms with Crippen molar-refractivity contribution in [2.75, 3.05) is 5.75 Å². The Morgan fingerprint density at radius 3 is 2.44 bits per heavy atom. The molecule has 0 radical (unpaired) electrons. The Bertz CT molecular complexity index is 410. The van der Waals surface area contributed by atoms with Crippen LogP contribution in [-0.4, -0.2) is 32.2 Å². The summed E-state index contributed by atoms with van der Waals surface area (Å²) in [5, 5.41) is 19.2. The Morgan fingerprint density at radius 2 is 1.94 bits per heavy atom. The molecule has 100 valence electrons. The van der Waals surface area contributed by atoms with Crippen LogP contribution in [0.15, 0.2) is 12.1 Å². The highest BCUT2D eigenvalue weighted by atomic mass is 32.2. The van der Waals surface area contributed by atoms with Crippen molar-refractivity contribution in [3.63, 3.8) is 0 Å². The molecule has 0 saturated carbocycles. The molecule has 2 unspecified atom stereocenters. The lowest BCUT2D eigenvalue weighted by atomic mass is 10.0. The highest BCUT2D eigenvalue weighted by Crippen LogP contribution is 2.21. The molecule has 1 heterocycles. The molecule has 1 aromatic heterocycles. The van der Waals surface area contributed by atoms with E-state index in [-0.39, 0.29) is 17.1 Å². The number of halogens is 2. The second-order valence-corrected chi connectivity index (χ2v) is 4.96. The molecule has 0 aliphatic heterocycles. The van der Waals surface area contributed by atoms with Gasteiger partial charge in [-0.1, -0.05) is 11.8 Å². The zero-order chi connectivity index (χ0) is 13.7. The first-order valence-electron chi connectivity index (χ1n) is 5.22. The highest BCUT2D eigenvalue weighted by Gasteiger charge is 2.20. The van der Waals surface area contributed by atoms with Crippen molar-refractivity contribution in [3.05, 3.63) is 29.6 Å². The molecule has 7 heteroatoms. The van der Waals surface area contributed by atoms with Crippen molar-refractivity contribution >= 4 is 16.9 Å². The summed E-state index contributed by atoms with van der Waals surface area (Å²) in [4.78, 5) is 13.6. The largest absolute Gasteiger partial charge is 0.390 e. The fraction of sp³-hybridized carbons (Fsp3) is 0.455. The molecule has 1 aromatic rings. The smallest absolute Gasteiger partial charge is 0.215 e. The Hall–Kier alpha value is -1.05. The third-order valence-corrected chi connectivity index (χ3v) is 3.06. The van der Waals surface area contributed by atoms with Gasteiger partial charge in [0.05, 0.1) is 6.10 Å². The van der Waals surface area contributed by atoms with E-state index in [1.54, 1.807) is 0 Å². The number of thioether (sulfide) groups is 1. The van der Waals surface area contributed by atoms with Gasteiger partial charge < -0.3 is 10.2 Å². The molecule has 2 atom stereocenters. The van der Waals surface area contributed by atoms with Crippen LogP contribution < -0.4 is 0 Å². The molecule has 0 fully saturated rings. The summed E-state index contributed by atoms with van der Waals surface area (Å²) in [6.07, 6.45) is -2.47. The average Bonchev–Trinajstić information content (AvgIpc) is 2.26. The number of aliphatic hydroxyl groups excluding tert-OH is 2. The van der Waals surface area contributed by atoms with E-state index >= 15 is 0 Å². The van der Waals surface area contributed by atoms with Crippen LogP contribution in [0.2, 0.25) is 0 Å². The van der Waals surface area contributed by atoms with Crippen molar-refractivity contribution in [1.29, 1.82) is 0 Å². The molecule has 1 rings (SSSR count). The number of aromatic nitrogens is 1. The van der Waals surface area contributed by atoms with E-state index < -0.39 is 24.1 Å². The number of hydrogen-bond donors (Lipinski definition) is 2. The molecule has 0 bridgehead atoms. The number of hydrogen-bond acceptors (Lipinski definition) is 5. The van der Waals surface area contributed by atoms with Gasteiger partial charge in [0.1, 0.15) is 6.10 Å². The molecule has 0 spiro atoms. The molecule has 0 saturated heterocycles. The lowest BCUT2D eigenvalue weighted by Gasteiger charge is -2.17. The molecular formula is C11H13F2NO3S. The summed E-state index contributed by atoms with van der Waals surface area (Å²) in [6.45, 7) is 1.39. The van der Waals surface area contributed by atoms with Crippen molar-refractivity contribution in [2.45, 2.75) is 25.6 Å². The number of carbonyl (C=O) groups excluding carboxylic acids is 1. The summed E-state index contributed by atoms with van der Waals surface area (Å²) in [5.74, 6) is -1.80. The number of carbonyl (C=O) groups is 1. The van der Waals surface area contributed by atoms with Crippen LogP contribution in [-0.2, 0) is 4.79 Å². The third-order valence-electron chi connectivity index (χ3n) is 2.21. The fourth-order valence-electron chi connectivity index (χ4n) is 1.36. The minimum absolute atomic E-state index is 0.0830. The zero-order valence-electron chi connectivity index (χ0n) is 9.64. The molecule has 18 heavy (non-hydrogen) atoms. The topological polar surface area (TPSA) is 70.4 Å². The van der Waals surface area contributed by atoms with Crippen LogP contribution in [0.3, 0.4) is 0 Å². The summed E-state index contributed by atoms with van der Waals surface area (Å²) in [6, 6.07) is 1.71. The predicted octanol–water partition coefficient (Wildman–Crippen LogP) is 1.42. The molecule has 0 aromatic carbocycles. The quantitative estimate of drug-likeness (QED) is 0.797. The maximum Gasteiger partial charge on any atom is 0.215 e. The number of aliphatic hydroxyl groups is 2. The number of nitrogens with zero attached hydrogens (tertiary/aromatic N) is 1. The molecule has 0 aliphatic carbocycles. The Kier molecular flexibility index (Phi) is 5.64. The summed E-state index contributed by atoms with van der Waals surface area (Å²) < 4.78 is 25.6. The molecule has 4 nitrogen and oxygen atoms in total. The van der Waals surface area contributed by atoms with Crippen LogP contribution >= 0.6 is 11.8 Å². The standard InChI is InChI=1S/C11H13F2NO3S/c1-6(15)18-3-2-8(16)11(17)7-4-9(12)14-10(13)5-7/h4-5,8,11,16-17H,2-3H2,1H3. The van der Waals surface area contributed by atoms with Crippen molar-refractivity contribution < 1.29 is 23.8 Å². The highest BCUT2D eigenvalue weighted by molar-refractivity contribution is 8.13. The third kappa shape index (κ3) is 4.67. The first-order chi connectivity index (χ1) is 8.40. The van der Waals surface area contributed by atoms with Gasteiger partial charge in [-0.3, -0.25) is 4.79 Å². The van der Waals surface area contributed by atoms with Gasteiger partial charge in [-0.25, -0.2) is 0 Å². The van der Waals surface area contributed by atoms with Crippen LogP contribution in [0.25, 0.3) is 0 Å². The summed E-state index contributed by atoms with van der Waals surface area (Å²) in [7, 11) is 0. The van der Waals surface area contributed by atoms with E-state index in [0.29, 0.717) is 5.75 Å². The normalized spacial score (nSPS) is 14.3. The number of pyridine rings is 1. The minimum atomic E-state index is -1.41. The van der Waals surface area contributed by atoms with Crippen LogP contribution in [0.4, 0.5) is 8.78 Å². The van der Waals surface area contributed by atoms with Crippen LogP contribution in [0.5, 0.6) is 0 Å². The summed E-state index contributed by atoms with van der Waals surface area (Å²) >= 11 is 1.01. The summed E-state index contributed by atoms with van der Waals surface area (Å²) in [5.41, 5.74) is -0.0830. The molecule has 2 N–H and O–H groups in total.